The highest BCUT2D eigenvalue weighted by atomic mass is 16.5. The number of anilines is 4. The van der Waals surface area contributed by atoms with Gasteiger partial charge in [-0.3, -0.25) is 0 Å². The van der Waals surface area contributed by atoms with Gasteiger partial charge in [0.25, 0.3) is 5.95 Å². The third kappa shape index (κ3) is 3.18. The van der Waals surface area contributed by atoms with Gasteiger partial charge in [-0.15, -0.1) is 5.10 Å². The zero-order valence-corrected chi connectivity index (χ0v) is 14.9. The van der Waals surface area contributed by atoms with Crippen molar-refractivity contribution in [1.82, 2.24) is 15.2 Å². The number of para-hydroxylation sites is 1. The minimum atomic E-state index is 0.301. The van der Waals surface area contributed by atoms with E-state index in [0.717, 1.165) is 23.5 Å². The maximum atomic E-state index is 5.47. The molecule has 4 rings (SSSR count). The van der Waals surface area contributed by atoms with E-state index in [0.29, 0.717) is 24.4 Å². The normalized spacial score (nSPS) is 15.6. The Morgan fingerprint density at radius 1 is 1.15 bits per heavy atom. The molecular formula is C20H21N5O. The molecule has 0 amide bonds. The second kappa shape index (κ2) is 7.00. The first-order valence-corrected chi connectivity index (χ1v) is 8.81. The minimum Gasteiger partial charge on any atom is -0.494 e. The van der Waals surface area contributed by atoms with E-state index in [9.17, 15) is 0 Å². The molecule has 6 nitrogen and oxygen atoms in total. The van der Waals surface area contributed by atoms with Crippen molar-refractivity contribution in [3.63, 3.8) is 0 Å². The highest BCUT2D eigenvalue weighted by Gasteiger charge is 2.29. The van der Waals surface area contributed by atoms with Gasteiger partial charge < -0.3 is 15.0 Å². The van der Waals surface area contributed by atoms with Gasteiger partial charge in [-0.05, 0) is 56.2 Å². The van der Waals surface area contributed by atoms with Gasteiger partial charge in [0, 0.05) is 17.4 Å². The zero-order chi connectivity index (χ0) is 17.9. The first-order chi connectivity index (χ1) is 12.7. The highest BCUT2D eigenvalue weighted by Crippen LogP contribution is 2.36. The summed E-state index contributed by atoms with van der Waals surface area (Å²) in [5.41, 5.74) is 3.39. The molecule has 1 atom stereocenters. The van der Waals surface area contributed by atoms with Crippen molar-refractivity contribution in [3.8, 4) is 5.75 Å². The van der Waals surface area contributed by atoms with E-state index in [1.165, 1.54) is 5.56 Å². The second-order valence-electron chi connectivity index (χ2n) is 6.28. The molecule has 0 radical (unpaired) electrons. The fraction of sp³-hybridized carbons (Fsp3) is 0.250. The smallest absolute Gasteiger partial charge is 0.252 e. The molecule has 1 unspecified atom stereocenters. The monoisotopic (exact) mass is 347 g/mol. The van der Waals surface area contributed by atoms with Gasteiger partial charge in [0.05, 0.1) is 12.8 Å². The molecule has 0 spiro atoms. The number of rotatable bonds is 5. The molecule has 0 fully saturated rings. The van der Waals surface area contributed by atoms with Crippen LogP contribution in [-0.2, 0) is 6.42 Å². The molecule has 132 valence electrons. The lowest BCUT2D eigenvalue weighted by Crippen LogP contribution is -2.26. The van der Waals surface area contributed by atoms with Crippen LogP contribution in [0.15, 0.2) is 54.7 Å². The summed E-state index contributed by atoms with van der Waals surface area (Å²) in [5.74, 6) is 2.12. The van der Waals surface area contributed by atoms with Crippen LogP contribution >= 0.6 is 0 Å². The van der Waals surface area contributed by atoms with Crippen LogP contribution in [0.25, 0.3) is 0 Å². The lowest BCUT2D eigenvalue weighted by atomic mass is 10.1. The number of fused-ring (bicyclic) bond motifs is 1. The van der Waals surface area contributed by atoms with Crippen LogP contribution in [0.2, 0.25) is 0 Å². The number of aromatic nitrogens is 3. The van der Waals surface area contributed by atoms with E-state index >= 15 is 0 Å². The summed E-state index contributed by atoms with van der Waals surface area (Å²) >= 11 is 0. The van der Waals surface area contributed by atoms with Crippen LogP contribution in [0.4, 0.5) is 23.1 Å². The second-order valence-corrected chi connectivity index (χ2v) is 6.28. The van der Waals surface area contributed by atoms with Gasteiger partial charge in [-0.25, -0.2) is 0 Å². The first kappa shape index (κ1) is 16.3. The molecule has 3 aromatic rings. The van der Waals surface area contributed by atoms with Crippen molar-refractivity contribution < 1.29 is 4.74 Å². The van der Waals surface area contributed by atoms with Gasteiger partial charge in [0.1, 0.15) is 5.75 Å². The highest BCUT2D eigenvalue weighted by molar-refractivity contribution is 5.68. The van der Waals surface area contributed by atoms with E-state index in [1.54, 1.807) is 6.20 Å². The summed E-state index contributed by atoms with van der Waals surface area (Å²) in [6, 6.07) is 16.4. The van der Waals surface area contributed by atoms with Gasteiger partial charge >= 0.3 is 0 Å². The molecule has 2 heterocycles. The molecule has 0 aliphatic carbocycles. The van der Waals surface area contributed by atoms with E-state index in [2.05, 4.69) is 50.5 Å². The number of hydrogen-bond donors (Lipinski definition) is 1. The average Bonchev–Trinajstić information content (AvgIpc) is 2.99. The number of nitrogens with one attached hydrogen (secondary N) is 1. The fourth-order valence-corrected chi connectivity index (χ4v) is 3.28. The third-order valence-electron chi connectivity index (χ3n) is 4.41. The van der Waals surface area contributed by atoms with Crippen molar-refractivity contribution in [3.05, 3.63) is 60.3 Å². The van der Waals surface area contributed by atoms with E-state index in [-0.39, 0.29) is 0 Å². The largest absolute Gasteiger partial charge is 0.494 e. The summed E-state index contributed by atoms with van der Waals surface area (Å²) in [4.78, 5) is 6.81. The van der Waals surface area contributed by atoms with Gasteiger partial charge in [-0.2, -0.15) is 10.1 Å². The number of nitrogens with zero attached hydrogens (tertiary/aromatic N) is 4. The zero-order valence-electron chi connectivity index (χ0n) is 14.9. The van der Waals surface area contributed by atoms with Crippen LogP contribution in [0.3, 0.4) is 0 Å². The summed E-state index contributed by atoms with van der Waals surface area (Å²) < 4.78 is 5.47. The third-order valence-corrected chi connectivity index (χ3v) is 4.41. The van der Waals surface area contributed by atoms with Crippen molar-refractivity contribution in [2.45, 2.75) is 26.3 Å². The van der Waals surface area contributed by atoms with E-state index < -0.39 is 0 Å². The summed E-state index contributed by atoms with van der Waals surface area (Å²) in [6.07, 6.45) is 2.61. The first-order valence-electron chi connectivity index (χ1n) is 8.81. The molecule has 2 aromatic carbocycles. The molecule has 1 aromatic heterocycles. The molecule has 0 bridgehead atoms. The SMILES string of the molecule is CCOc1ccc(Nc2cnnc(N3c4ccccc4CC3C)n2)cc1. The predicted molar refractivity (Wildman–Crippen MR) is 102 cm³/mol. The maximum absolute atomic E-state index is 5.47. The Labute approximate surface area is 152 Å². The molecule has 0 saturated heterocycles. The summed E-state index contributed by atoms with van der Waals surface area (Å²) in [7, 11) is 0. The van der Waals surface area contributed by atoms with Gasteiger partial charge in [0.15, 0.2) is 5.82 Å². The number of benzene rings is 2. The molecule has 0 saturated carbocycles. The molecule has 6 heteroatoms. The average molecular weight is 347 g/mol. The van der Waals surface area contributed by atoms with Crippen molar-refractivity contribution in [2.24, 2.45) is 0 Å². The fourth-order valence-electron chi connectivity index (χ4n) is 3.28. The number of ether oxygens (including phenoxy) is 1. The van der Waals surface area contributed by atoms with Crippen LogP contribution in [-0.4, -0.2) is 27.8 Å². The lowest BCUT2D eigenvalue weighted by molar-refractivity contribution is 0.340. The Hall–Kier alpha value is -3.15. The van der Waals surface area contributed by atoms with Crippen molar-refractivity contribution in [2.75, 3.05) is 16.8 Å². The minimum absolute atomic E-state index is 0.301. The summed E-state index contributed by atoms with van der Waals surface area (Å²) in [6.45, 7) is 4.80. The molecule has 26 heavy (non-hydrogen) atoms. The van der Waals surface area contributed by atoms with Gasteiger partial charge in [0.2, 0.25) is 0 Å². The Bertz CT molecular complexity index is 897. The summed E-state index contributed by atoms with van der Waals surface area (Å²) in [5, 5.41) is 11.7. The Kier molecular flexibility index (Phi) is 4.39. The Balaban J connectivity index is 1.57. The Morgan fingerprint density at radius 2 is 1.96 bits per heavy atom. The maximum Gasteiger partial charge on any atom is 0.252 e. The lowest BCUT2D eigenvalue weighted by Gasteiger charge is -2.22. The quantitative estimate of drug-likeness (QED) is 0.750. The molecule has 1 N–H and O–H groups in total. The molecule has 1 aliphatic heterocycles. The van der Waals surface area contributed by atoms with Crippen LogP contribution in [0, 0.1) is 0 Å². The standard InChI is InChI=1S/C20H21N5O/c1-3-26-17-10-8-16(9-11-17)22-19-13-21-24-20(23-19)25-14(2)12-15-6-4-5-7-18(15)25/h4-11,13-14H,3,12H2,1-2H3,(H,22,23,24). The van der Waals surface area contributed by atoms with Crippen molar-refractivity contribution in [1.29, 1.82) is 0 Å². The Morgan fingerprint density at radius 3 is 2.77 bits per heavy atom. The number of hydrogen-bond acceptors (Lipinski definition) is 6. The van der Waals surface area contributed by atoms with Crippen molar-refractivity contribution >= 4 is 23.1 Å². The van der Waals surface area contributed by atoms with Crippen LogP contribution < -0.4 is 15.0 Å². The van der Waals surface area contributed by atoms with Gasteiger partial charge in [-0.1, -0.05) is 18.2 Å². The molecule has 1 aliphatic rings. The molecular weight excluding hydrogens is 326 g/mol. The predicted octanol–water partition coefficient (Wildman–Crippen LogP) is 4.10. The van der Waals surface area contributed by atoms with E-state index in [4.69, 9.17) is 4.74 Å². The van der Waals surface area contributed by atoms with Crippen LogP contribution in [0.1, 0.15) is 19.4 Å². The van der Waals surface area contributed by atoms with E-state index in [1.807, 2.05) is 37.3 Å². The topological polar surface area (TPSA) is 63.2 Å². The van der Waals surface area contributed by atoms with Crippen LogP contribution in [0.5, 0.6) is 5.75 Å².